The molecule has 1 unspecified atom stereocenters. The van der Waals surface area contributed by atoms with Gasteiger partial charge in [-0.3, -0.25) is 0 Å². The monoisotopic (exact) mass is 229 g/mol. The van der Waals surface area contributed by atoms with Crippen LogP contribution in [0.4, 0.5) is 0 Å². The van der Waals surface area contributed by atoms with E-state index in [2.05, 4.69) is 13.8 Å². The average Bonchev–Trinajstić information content (AvgIpc) is 1.68. The Kier molecular flexibility index (Phi) is 12.0. The molecule has 8 heavy (non-hydrogen) atoms. The third-order valence-electron chi connectivity index (χ3n) is 1.27. The summed E-state index contributed by atoms with van der Waals surface area (Å²) in [4.78, 5) is 0. The van der Waals surface area contributed by atoms with Crippen molar-refractivity contribution in [2.24, 2.45) is 5.92 Å². The predicted octanol–water partition coefficient (Wildman–Crippen LogP) is 2.97. The fourth-order valence-electron chi connectivity index (χ4n) is 0.637. The topological polar surface area (TPSA) is 0 Å². The summed E-state index contributed by atoms with van der Waals surface area (Å²) >= 11 is 1.47. The molecule has 47 valence electrons. The minimum atomic E-state index is 0. The van der Waals surface area contributed by atoms with Crippen molar-refractivity contribution in [3.8, 4) is 0 Å². The van der Waals surface area contributed by atoms with Gasteiger partial charge in [-0.1, -0.05) is 0 Å². The first kappa shape index (κ1) is 11.8. The van der Waals surface area contributed by atoms with E-state index in [1.54, 1.807) is 0 Å². The maximum absolute atomic E-state index is 2.34. The molecule has 0 aliphatic heterocycles. The summed E-state index contributed by atoms with van der Waals surface area (Å²) in [6.07, 6.45) is 2.79. The fourth-order valence-corrected chi connectivity index (χ4v) is 1.24. The van der Waals surface area contributed by atoms with Crippen LogP contribution in [-0.2, 0) is 18.3 Å². The van der Waals surface area contributed by atoms with E-state index in [1.165, 1.54) is 36.2 Å². The van der Waals surface area contributed by atoms with E-state index in [-0.39, 0.29) is 17.0 Å². The van der Waals surface area contributed by atoms with Gasteiger partial charge in [-0.2, -0.15) is 0 Å². The van der Waals surface area contributed by atoms with E-state index in [1.807, 2.05) is 0 Å². The summed E-state index contributed by atoms with van der Waals surface area (Å²) in [5, 5.41) is 1.47. The Labute approximate surface area is 72.9 Å². The molecule has 0 rings (SSSR count). The van der Waals surface area contributed by atoms with E-state index >= 15 is 0 Å². The van der Waals surface area contributed by atoms with Gasteiger partial charge in [0, 0.05) is 0 Å². The van der Waals surface area contributed by atoms with Gasteiger partial charge in [0.25, 0.3) is 0 Å². The van der Waals surface area contributed by atoms with E-state index < -0.39 is 0 Å². The Morgan fingerprint density at radius 2 is 2.00 bits per heavy atom. The first-order valence-electron chi connectivity index (χ1n) is 3.10. The molecule has 0 saturated carbocycles. The molecule has 0 saturated heterocycles. The third kappa shape index (κ3) is 7.10. The van der Waals surface area contributed by atoms with Crippen LogP contribution >= 0.6 is 17.0 Å². The first-order chi connectivity index (χ1) is 3.31. The van der Waals surface area contributed by atoms with Crippen LogP contribution in [0.1, 0.15) is 26.7 Å². The molecule has 2 heteroatoms. The normalized spacial score (nSPS) is 12.5. The van der Waals surface area contributed by atoms with Crippen molar-refractivity contribution < 1.29 is 18.3 Å². The molecule has 0 radical (unpaired) electrons. The van der Waals surface area contributed by atoms with E-state index in [9.17, 15) is 0 Å². The Balaban J connectivity index is 0. The summed E-state index contributed by atoms with van der Waals surface area (Å²) in [7, 11) is 0. The van der Waals surface area contributed by atoms with Crippen LogP contribution in [0, 0.1) is 5.92 Å². The molecule has 0 aromatic rings. The van der Waals surface area contributed by atoms with Crippen molar-refractivity contribution in [2.45, 2.75) is 31.7 Å². The number of halogens is 1. The van der Waals surface area contributed by atoms with Crippen LogP contribution in [0.25, 0.3) is 0 Å². The van der Waals surface area contributed by atoms with Crippen LogP contribution in [0.3, 0.4) is 0 Å². The second-order valence-corrected chi connectivity index (χ2v) is 3.39. The summed E-state index contributed by atoms with van der Waals surface area (Å²) < 4.78 is 0. The molecule has 0 aliphatic rings. The molecule has 0 spiro atoms. The Morgan fingerprint density at radius 1 is 1.50 bits per heavy atom. The quantitative estimate of drug-likeness (QED) is 0.655. The zero-order valence-corrected chi connectivity index (χ0v) is 10.5. The van der Waals surface area contributed by atoms with Crippen molar-refractivity contribution >= 4 is 17.0 Å². The number of rotatable bonds is 3. The summed E-state index contributed by atoms with van der Waals surface area (Å²) in [5.41, 5.74) is 0. The van der Waals surface area contributed by atoms with Crippen LogP contribution in [-0.4, -0.2) is 0 Å². The molecule has 0 N–H and O–H groups in total. The van der Waals surface area contributed by atoms with Crippen LogP contribution in [0.5, 0.6) is 0 Å². The first-order valence-corrected chi connectivity index (χ1v) is 5.20. The Morgan fingerprint density at radius 3 is 2.12 bits per heavy atom. The standard InChI is InChI=1S/C6H13.BrH.Zn/c1-4-5-6(2)3;;/h6H,2,4-5H2,1,3H3;1H;. The molecule has 0 bridgehead atoms. The van der Waals surface area contributed by atoms with Crippen LogP contribution < -0.4 is 0 Å². The van der Waals surface area contributed by atoms with E-state index in [4.69, 9.17) is 0 Å². The summed E-state index contributed by atoms with van der Waals surface area (Å²) in [6, 6.07) is 0. The van der Waals surface area contributed by atoms with E-state index in [0.717, 1.165) is 5.92 Å². The molecule has 0 aromatic carbocycles. The maximum atomic E-state index is 2.34. The molecule has 0 aromatic heterocycles. The summed E-state index contributed by atoms with van der Waals surface area (Å²) in [5.74, 6) is 1.00. The molecular weight excluding hydrogens is 217 g/mol. The van der Waals surface area contributed by atoms with Crippen LogP contribution in [0.15, 0.2) is 0 Å². The molecule has 0 heterocycles. The van der Waals surface area contributed by atoms with Gasteiger partial charge in [0.2, 0.25) is 0 Å². The second-order valence-electron chi connectivity index (χ2n) is 2.18. The molecule has 0 aliphatic carbocycles. The summed E-state index contributed by atoms with van der Waals surface area (Å²) in [6.45, 7) is 4.60. The van der Waals surface area contributed by atoms with Gasteiger partial charge < -0.3 is 0 Å². The molecule has 0 nitrogen and oxygen atoms in total. The minimum absolute atomic E-state index is 0. The van der Waals surface area contributed by atoms with Crippen LogP contribution in [0.2, 0.25) is 5.02 Å². The Hall–Kier alpha value is 1.10. The Bertz CT molecular complexity index is 39.5. The van der Waals surface area contributed by atoms with Gasteiger partial charge in [-0.05, 0) is 0 Å². The van der Waals surface area contributed by atoms with Gasteiger partial charge in [-0.15, -0.1) is 17.0 Å². The van der Waals surface area contributed by atoms with Crippen molar-refractivity contribution in [3.63, 3.8) is 0 Å². The van der Waals surface area contributed by atoms with Gasteiger partial charge in [0.05, 0.1) is 0 Å². The molecular formula is C6H14BrZn. The van der Waals surface area contributed by atoms with Gasteiger partial charge in [-0.25, -0.2) is 0 Å². The molecule has 0 amide bonds. The number of hydrogen-bond acceptors (Lipinski definition) is 0. The van der Waals surface area contributed by atoms with Crippen molar-refractivity contribution in [1.82, 2.24) is 0 Å². The fraction of sp³-hybridized carbons (Fsp3) is 1.00. The zero-order valence-electron chi connectivity index (χ0n) is 5.81. The number of hydrogen-bond donors (Lipinski definition) is 0. The van der Waals surface area contributed by atoms with E-state index in [0.29, 0.717) is 0 Å². The predicted molar refractivity (Wildman–Crippen MR) is 39.2 cm³/mol. The van der Waals surface area contributed by atoms with Gasteiger partial charge in [0.15, 0.2) is 0 Å². The molecule has 1 atom stereocenters. The van der Waals surface area contributed by atoms with Crippen molar-refractivity contribution in [2.75, 3.05) is 0 Å². The second kappa shape index (κ2) is 8.10. The van der Waals surface area contributed by atoms with Crippen molar-refractivity contribution in [3.05, 3.63) is 0 Å². The van der Waals surface area contributed by atoms with Gasteiger partial charge in [0.1, 0.15) is 0 Å². The zero-order chi connectivity index (χ0) is 5.70. The molecule has 0 fully saturated rings. The van der Waals surface area contributed by atoms with Crippen molar-refractivity contribution in [1.29, 1.82) is 0 Å². The average molecular weight is 231 g/mol. The SMILES string of the molecule is Br.CCCC(C)[CH2][Zn]. The third-order valence-corrected chi connectivity index (χ3v) is 3.34. The van der Waals surface area contributed by atoms with Gasteiger partial charge >= 0.3 is 55.9 Å².